The first-order valence-electron chi connectivity index (χ1n) is 8.74. The molecule has 9 heteroatoms. The number of amides is 1. The molecule has 0 aliphatic rings. The summed E-state index contributed by atoms with van der Waals surface area (Å²) in [5.74, 6) is 0.0739. The lowest BCUT2D eigenvalue weighted by Crippen LogP contribution is -2.20. The van der Waals surface area contributed by atoms with Gasteiger partial charge in [-0.05, 0) is 24.6 Å². The number of carbonyl (C=O) groups excluding carboxylic acids is 1. The number of nitrogens with zero attached hydrogens (tertiary/aromatic N) is 2. The Morgan fingerprint density at radius 1 is 1.31 bits per heavy atom. The van der Waals surface area contributed by atoms with Crippen molar-refractivity contribution in [1.82, 2.24) is 4.98 Å². The Hall–Kier alpha value is -3.10. The van der Waals surface area contributed by atoms with E-state index in [1.807, 2.05) is 42.6 Å². The van der Waals surface area contributed by atoms with E-state index in [0.717, 1.165) is 11.3 Å². The quantitative estimate of drug-likeness (QED) is 0.392. The SMILES string of the molecule is CCOc1cc(C=NNc2nc(-c3ccccc3)cs2)cc(Cl)c1OCC(N)=O. The van der Waals surface area contributed by atoms with Crippen LogP contribution in [0, 0.1) is 0 Å². The third kappa shape index (κ3) is 5.69. The van der Waals surface area contributed by atoms with Crippen LogP contribution in [0.15, 0.2) is 52.9 Å². The van der Waals surface area contributed by atoms with Crippen molar-refractivity contribution in [3.05, 3.63) is 58.4 Å². The van der Waals surface area contributed by atoms with Crippen LogP contribution in [-0.2, 0) is 4.79 Å². The maximum absolute atomic E-state index is 11.0. The zero-order chi connectivity index (χ0) is 20.6. The first-order valence-corrected chi connectivity index (χ1v) is 10.00. The van der Waals surface area contributed by atoms with Crippen LogP contribution in [-0.4, -0.2) is 30.3 Å². The fraction of sp³-hybridized carbons (Fsp3) is 0.150. The Morgan fingerprint density at radius 3 is 2.83 bits per heavy atom. The third-order valence-corrected chi connectivity index (χ3v) is 4.67. The second kappa shape index (κ2) is 9.90. The molecule has 1 heterocycles. The lowest BCUT2D eigenvalue weighted by Gasteiger charge is -2.13. The summed E-state index contributed by atoms with van der Waals surface area (Å²) in [6, 6.07) is 13.3. The molecule has 2 aromatic carbocycles. The Bertz CT molecular complexity index is 1010. The smallest absolute Gasteiger partial charge is 0.255 e. The van der Waals surface area contributed by atoms with E-state index in [4.69, 9.17) is 26.8 Å². The van der Waals surface area contributed by atoms with Gasteiger partial charge in [0.1, 0.15) is 0 Å². The van der Waals surface area contributed by atoms with E-state index in [9.17, 15) is 4.79 Å². The Balaban J connectivity index is 1.71. The molecule has 0 saturated carbocycles. The van der Waals surface area contributed by atoms with Crippen LogP contribution in [0.1, 0.15) is 12.5 Å². The van der Waals surface area contributed by atoms with Gasteiger partial charge in [-0.1, -0.05) is 41.9 Å². The number of hydrogen-bond donors (Lipinski definition) is 2. The van der Waals surface area contributed by atoms with E-state index in [1.54, 1.807) is 18.3 Å². The number of aromatic nitrogens is 1. The van der Waals surface area contributed by atoms with Crippen molar-refractivity contribution in [2.24, 2.45) is 10.8 Å². The monoisotopic (exact) mass is 430 g/mol. The molecule has 7 nitrogen and oxygen atoms in total. The van der Waals surface area contributed by atoms with Crippen molar-refractivity contribution in [2.45, 2.75) is 6.92 Å². The number of nitrogens with one attached hydrogen (secondary N) is 1. The van der Waals surface area contributed by atoms with Crippen molar-refractivity contribution in [3.63, 3.8) is 0 Å². The fourth-order valence-electron chi connectivity index (χ4n) is 2.44. The Labute approximate surface area is 177 Å². The summed E-state index contributed by atoms with van der Waals surface area (Å²) in [6.45, 7) is 1.95. The van der Waals surface area contributed by atoms with Crippen molar-refractivity contribution in [3.8, 4) is 22.8 Å². The minimum absolute atomic E-state index is 0.268. The van der Waals surface area contributed by atoms with Crippen molar-refractivity contribution >= 4 is 40.2 Å². The molecule has 3 N–H and O–H groups in total. The van der Waals surface area contributed by atoms with Gasteiger partial charge in [0.05, 0.1) is 23.5 Å². The van der Waals surface area contributed by atoms with E-state index >= 15 is 0 Å². The molecule has 0 atom stereocenters. The number of halogens is 1. The highest BCUT2D eigenvalue weighted by atomic mass is 35.5. The number of carbonyl (C=O) groups is 1. The van der Waals surface area contributed by atoms with Crippen molar-refractivity contribution in [1.29, 1.82) is 0 Å². The van der Waals surface area contributed by atoms with Crippen LogP contribution in [0.3, 0.4) is 0 Å². The predicted molar refractivity (Wildman–Crippen MR) is 116 cm³/mol. The molecule has 0 fully saturated rings. The number of rotatable bonds is 9. The van der Waals surface area contributed by atoms with Crippen LogP contribution >= 0.6 is 22.9 Å². The molecule has 150 valence electrons. The molecule has 0 unspecified atom stereocenters. The molecular weight excluding hydrogens is 412 g/mol. The van der Waals surface area contributed by atoms with Gasteiger partial charge in [-0.25, -0.2) is 4.98 Å². The number of hydrogen-bond acceptors (Lipinski definition) is 7. The Morgan fingerprint density at radius 2 is 2.10 bits per heavy atom. The van der Waals surface area contributed by atoms with Crippen LogP contribution in [0.25, 0.3) is 11.3 Å². The maximum atomic E-state index is 11.0. The van der Waals surface area contributed by atoms with Gasteiger partial charge in [0.15, 0.2) is 18.1 Å². The highest BCUT2D eigenvalue weighted by Gasteiger charge is 2.13. The molecule has 0 bridgehead atoms. The zero-order valence-corrected chi connectivity index (χ0v) is 17.2. The summed E-state index contributed by atoms with van der Waals surface area (Å²) in [7, 11) is 0. The molecule has 3 rings (SSSR count). The predicted octanol–water partition coefficient (Wildman–Crippen LogP) is 4.17. The molecule has 0 aliphatic heterocycles. The van der Waals surface area contributed by atoms with E-state index in [1.165, 1.54) is 11.3 Å². The van der Waals surface area contributed by atoms with Gasteiger partial charge in [0.2, 0.25) is 5.13 Å². The average molecular weight is 431 g/mol. The molecule has 3 aromatic rings. The summed E-state index contributed by atoms with van der Waals surface area (Å²) in [5.41, 5.74) is 10.6. The van der Waals surface area contributed by atoms with Gasteiger partial charge in [0.25, 0.3) is 5.91 Å². The normalized spacial score (nSPS) is 10.8. The molecule has 0 aliphatic carbocycles. The van der Waals surface area contributed by atoms with Crippen LogP contribution in [0.2, 0.25) is 5.02 Å². The van der Waals surface area contributed by atoms with E-state index in [2.05, 4.69) is 15.5 Å². The highest BCUT2D eigenvalue weighted by Crippen LogP contribution is 2.36. The fourth-order valence-corrected chi connectivity index (χ4v) is 3.38. The van der Waals surface area contributed by atoms with Crippen LogP contribution in [0.5, 0.6) is 11.5 Å². The number of primary amides is 1. The maximum Gasteiger partial charge on any atom is 0.255 e. The molecule has 0 radical (unpaired) electrons. The Kier molecular flexibility index (Phi) is 7.04. The van der Waals surface area contributed by atoms with E-state index in [-0.39, 0.29) is 12.4 Å². The highest BCUT2D eigenvalue weighted by molar-refractivity contribution is 7.14. The van der Waals surface area contributed by atoms with Gasteiger partial charge in [0, 0.05) is 10.9 Å². The third-order valence-electron chi connectivity index (χ3n) is 3.64. The second-order valence-corrected chi connectivity index (χ2v) is 7.06. The van der Waals surface area contributed by atoms with Crippen LogP contribution < -0.4 is 20.6 Å². The average Bonchev–Trinajstić information content (AvgIpc) is 3.17. The summed E-state index contributed by atoms with van der Waals surface area (Å²) in [5, 5.41) is 7.12. The second-order valence-electron chi connectivity index (χ2n) is 5.79. The number of nitrogens with two attached hydrogens (primary N) is 1. The molecular formula is C20H19ClN4O3S. The number of anilines is 1. The number of ether oxygens (including phenoxy) is 2. The molecule has 0 spiro atoms. The summed E-state index contributed by atoms with van der Waals surface area (Å²) < 4.78 is 10.9. The van der Waals surface area contributed by atoms with E-state index in [0.29, 0.717) is 28.1 Å². The minimum atomic E-state index is -0.600. The largest absolute Gasteiger partial charge is 0.490 e. The van der Waals surface area contributed by atoms with Gasteiger partial charge >= 0.3 is 0 Å². The topological polar surface area (TPSA) is 98.8 Å². The van der Waals surface area contributed by atoms with Gasteiger partial charge < -0.3 is 15.2 Å². The molecule has 1 aromatic heterocycles. The lowest BCUT2D eigenvalue weighted by atomic mass is 10.2. The minimum Gasteiger partial charge on any atom is -0.490 e. The molecule has 29 heavy (non-hydrogen) atoms. The van der Waals surface area contributed by atoms with Gasteiger partial charge in [-0.3, -0.25) is 10.2 Å². The number of benzene rings is 2. The summed E-state index contributed by atoms with van der Waals surface area (Å²) in [6.07, 6.45) is 1.59. The number of thiazole rings is 1. The summed E-state index contributed by atoms with van der Waals surface area (Å²) in [4.78, 5) is 15.5. The van der Waals surface area contributed by atoms with Crippen molar-refractivity contribution in [2.75, 3.05) is 18.6 Å². The first-order chi connectivity index (χ1) is 14.1. The zero-order valence-electron chi connectivity index (χ0n) is 15.6. The van der Waals surface area contributed by atoms with Gasteiger partial charge in [-0.15, -0.1) is 11.3 Å². The number of hydrazone groups is 1. The van der Waals surface area contributed by atoms with E-state index < -0.39 is 5.91 Å². The lowest BCUT2D eigenvalue weighted by molar-refractivity contribution is -0.119. The van der Waals surface area contributed by atoms with Gasteiger partial charge in [-0.2, -0.15) is 5.10 Å². The molecule has 0 saturated heterocycles. The van der Waals surface area contributed by atoms with Crippen molar-refractivity contribution < 1.29 is 14.3 Å². The standard InChI is InChI=1S/C20H19ClN4O3S/c1-2-27-17-9-13(8-15(21)19(17)28-11-18(22)26)10-23-25-20-24-16(12-29-20)14-6-4-3-5-7-14/h3-10,12H,2,11H2,1H3,(H2,22,26)(H,24,25). The first kappa shape index (κ1) is 20.6. The molecule has 1 amide bonds. The summed E-state index contributed by atoms with van der Waals surface area (Å²) >= 11 is 7.73. The van der Waals surface area contributed by atoms with Crippen LogP contribution in [0.4, 0.5) is 5.13 Å².